The number of hydrogen-bond acceptors (Lipinski definition) is 2. The lowest BCUT2D eigenvalue weighted by Gasteiger charge is -2.12. The van der Waals surface area contributed by atoms with Gasteiger partial charge >= 0.3 is 0 Å². The first-order chi connectivity index (χ1) is 9.68. The SMILES string of the molecule is Nc1c(O)cc(F)c(-c2c(F)c(F)c(F)c(F)c2F)c1F. The van der Waals surface area contributed by atoms with Crippen molar-refractivity contribution in [2.45, 2.75) is 0 Å². The molecule has 2 nitrogen and oxygen atoms in total. The molecular formula is C12H4F7NO. The largest absolute Gasteiger partial charge is 0.506 e. The van der Waals surface area contributed by atoms with Gasteiger partial charge in [0.15, 0.2) is 29.1 Å². The summed E-state index contributed by atoms with van der Waals surface area (Å²) in [4.78, 5) is 0. The van der Waals surface area contributed by atoms with Crippen molar-refractivity contribution in [2.75, 3.05) is 5.73 Å². The van der Waals surface area contributed by atoms with Crippen molar-refractivity contribution in [1.29, 1.82) is 0 Å². The second kappa shape index (κ2) is 4.83. The Morgan fingerprint density at radius 3 is 1.57 bits per heavy atom. The van der Waals surface area contributed by atoms with E-state index in [4.69, 9.17) is 10.8 Å². The smallest absolute Gasteiger partial charge is 0.200 e. The lowest BCUT2D eigenvalue weighted by molar-refractivity contribution is 0.380. The van der Waals surface area contributed by atoms with Gasteiger partial charge in [0.2, 0.25) is 5.82 Å². The maximum Gasteiger partial charge on any atom is 0.200 e. The molecule has 3 N–H and O–H groups in total. The number of hydrogen-bond donors (Lipinski definition) is 2. The summed E-state index contributed by atoms with van der Waals surface area (Å²) < 4.78 is 93.3. The third kappa shape index (κ3) is 2.05. The molecule has 0 radical (unpaired) electrons. The quantitative estimate of drug-likeness (QED) is 0.278. The van der Waals surface area contributed by atoms with E-state index in [2.05, 4.69) is 0 Å². The summed E-state index contributed by atoms with van der Waals surface area (Å²) >= 11 is 0. The van der Waals surface area contributed by atoms with Gasteiger partial charge in [0.1, 0.15) is 17.3 Å². The Hall–Kier alpha value is -2.45. The van der Waals surface area contributed by atoms with Gasteiger partial charge in [0.25, 0.3) is 0 Å². The molecule has 9 heteroatoms. The minimum absolute atomic E-state index is 0.186. The number of rotatable bonds is 1. The van der Waals surface area contributed by atoms with Crippen LogP contribution in [0.3, 0.4) is 0 Å². The first kappa shape index (κ1) is 14.9. The Kier molecular flexibility index (Phi) is 3.44. The Morgan fingerprint density at radius 2 is 1.10 bits per heavy atom. The molecule has 0 amide bonds. The fourth-order valence-corrected chi connectivity index (χ4v) is 1.68. The summed E-state index contributed by atoms with van der Waals surface area (Å²) in [7, 11) is 0. The highest BCUT2D eigenvalue weighted by Crippen LogP contribution is 2.39. The lowest BCUT2D eigenvalue weighted by Crippen LogP contribution is -2.07. The average molecular weight is 311 g/mol. The van der Waals surface area contributed by atoms with Crippen molar-refractivity contribution in [1.82, 2.24) is 0 Å². The molecule has 112 valence electrons. The second-order valence-electron chi connectivity index (χ2n) is 3.93. The molecule has 0 saturated heterocycles. The van der Waals surface area contributed by atoms with Gasteiger partial charge in [-0.1, -0.05) is 0 Å². The van der Waals surface area contributed by atoms with Crippen LogP contribution < -0.4 is 5.73 Å². The molecule has 0 heterocycles. The Bertz CT molecular complexity index is 731. The molecule has 2 aromatic rings. The number of nitrogen functional groups attached to an aromatic ring is 1. The van der Waals surface area contributed by atoms with Gasteiger partial charge in [-0.05, 0) is 0 Å². The molecule has 0 unspecified atom stereocenters. The summed E-state index contributed by atoms with van der Waals surface area (Å²) in [6, 6.07) is 0.186. The zero-order valence-corrected chi connectivity index (χ0v) is 9.75. The summed E-state index contributed by atoms with van der Waals surface area (Å²) in [6.45, 7) is 0. The molecule has 0 atom stereocenters. The molecule has 0 aliphatic rings. The highest BCUT2D eigenvalue weighted by Gasteiger charge is 2.31. The first-order valence-electron chi connectivity index (χ1n) is 5.16. The third-order valence-corrected chi connectivity index (χ3v) is 2.69. The van der Waals surface area contributed by atoms with Crippen LogP contribution in [0.5, 0.6) is 5.75 Å². The van der Waals surface area contributed by atoms with E-state index in [1.54, 1.807) is 0 Å². The van der Waals surface area contributed by atoms with Gasteiger partial charge in [-0.3, -0.25) is 0 Å². The summed E-state index contributed by atoms with van der Waals surface area (Å²) in [5.74, 6) is -16.7. The van der Waals surface area contributed by atoms with E-state index in [0.29, 0.717) is 0 Å². The summed E-state index contributed by atoms with van der Waals surface area (Å²) in [5, 5.41) is 9.04. The average Bonchev–Trinajstić information content (AvgIpc) is 2.44. The van der Waals surface area contributed by atoms with Gasteiger partial charge in [-0.2, -0.15) is 0 Å². The maximum absolute atomic E-state index is 13.7. The molecule has 0 aromatic heterocycles. The Balaban J connectivity index is 2.96. The molecule has 0 aliphatic carbocycles. The van der Waals surface area contributed by atoms with Crippen molar-refractivity contribution in [3.63, 3.8) is 0 Å². The maximum atomic E-state index is 13.7. The summed E-state index contributed by atoms with van der Waals surface area (Å²) in [5.41, 5.74) is 0.512. The zero-order valence-electron chi connectivity index (χ0n) is 9.75. The van der Waals surface area contributed by atoms with E-state index >= 15 is 0 Å². The molecule has 0 fully saturated rings. The van der Waals surface area contributed by atoms with Crippen LogP contribution >= 0.6 is 0 Å². The monoisotopic (exact) mass is 311 g/mol. The van der Waals surface area contributed by atoms with E-state index in [1.165, 1.54) is 0 Å². The highest BCUT2D eigenvalue weighted by molar-refractivity contribution is 5.73. The van der Waals surface area contributed by atoms with Crippen LogP contribution in [0.1, 0.15) is 0 Å². The molecule has 0 spiro atoms. The molecule has 2 rings (SSSR count). The van der Waals surface area contributed by atoms with Crippen molar-refractivity contribution in [2.24, 2.45) is 0 Å². The van der Waals surface area contributed by atoms with E-state index in [-0.39, 0.29) is 6.07 Å². The van der Waals surface area contributed by atoms with Crippen LogP contribution in [0.15, 0.2) is 6.07 Å². The van der Waals surface area contributed by atoms with Crippen LogP contribution in [0.2, 0.25) is 0 Å². The Labute approximate surface area is 112 Å². The fraction of sp³-hybridized carbons (Fsp3) is 0. The van der Waals surface area contributed by atoms with Crippen LogP contribution in [-0.4, -0.2) is 5.11 Å². The van der Waals surface area contributed by atoms with Crippen molar-refractivity contribution >= 4 is 5.69 Å². The zero-order chi connectivity index (χ0) is 16.1. The van der Waals surface area contributed by atoms with E-state index in [1.807, 2.05) is 0 Å². The van der Waals surface area contributed by atoms with Gasteiger partial charge < -0.3 is 10.8 Å². The number of phenols is 1. The van der Waals surface area contributed by atoms with Gasteiger partial charge in [-0.25, -0.2) is 30.7 Å². The topological polar surface area (TPSA) is 46.2 Å². The predicted molar refractivity (Wildman–Crippen MR) is 57.7 cm³/mol. The first-order valence-corrected chi connectivity index (χ1v) is 5.16. The number of nitrogens with two attached hydrogens (primary N) is 1. The predicted octanol–water partition coefficient (Wildman–Crippen LogP) is 3.62. The molecule has 21 heavy (non-hydrogen) atoms. The molecule has 0 aliphatic heterocycles. The number of halogens is 7. The van der Waals surface area contributed by atoms with Crippen molar-refractivity contribution in [3.05, 3.63) is 46.8 Å². The molecule has 0 bridgehead atoms. The van der Waals surface area contributed by atoms with Crippen LogP contribution in [0.4, 0.5) is 36.4 Å². The normalized spacial score (nSPS) is 11.0. The van der Waals surface area contributed by atoms with Gasteiger partial charge in [-0.15, -0.1) is 0 Å². The molecular weight excluding hydrogens is 307 g/mol. The minimum atomic E-state index is -2.47. The standard InChI is InChI=1S/C12H4F7NO/c13-2-1-3(21)12(20)8(16)4(2)5-6(14)9(17)11(19)10(18)7(5)15/h1,21H,20H2. The number of anilines is 1. The van der Waals surface area contributed by atoms with Crippen LogP contribution in [-0.2, 0) is 0 Å². The van der Waals surface area contributed by atoms with Crippen molar-refractivity contribution in [3.8, 4) is 16.9 Å². The van der Waals surface area contributed by atoms with E-state index < -0.39 is 63.3 Å². The van der Waals surface area contributed by atoms with Crippen LogP contribution in [0.25, 0.3) is 11.1 Å². The lowest BCUT2D eigenvalue weighted by atomic mass is 10.0. The molecule has 2 aromatic carbocycles. The van der Waals surface area contributed by atoms with E-state index in [0.717, 1.165) is 0 Å². The van der Waals surface area contributed by atoms with E-state index in [9.17, 15) is 30.7 Å². The van der Waals surface area contributed by atoms with Gasteiger partial charge in [0.05, 0.1) is 11.1 Å². The highest BCUT2D eigenvalue weighted by atomic mass is 19.2. The number of aromatic hydroxyl groups is 1. The minimum Gasteiger partial charge on any atom is -0.506 e. The van der Waals surface area contributed by atoms with Gasteiger partial charge in [0, 0.05) is 6.07 Å². The Morgan fingerprint density at radius 1 is 0.667 bits per heavy atom. The fourth-order valence-electron chi connectivity index (χ4n) is 1.68. The van der Waals surface area contributed by atoms with Crippen molar-refractivity contribution < 1.29 is 35.8 Å². The second-order valence-corrected chi connectivity index (χ2v) is 3.93. The van der Waals surface area contributed by atoms with Crippen LogP contribution in [0, 0.1) is 40.7 Å². The number of benzene rings is 2. The number of phenolic OH excluding ortho intramolecular Hbond substituents is 1. The third-order valence-electron chi connectivity index (χ3n) is 2.69. The summed E-state index contributed by atoms with van der Waals surface area (Å²) in [6.07, 6.45) is 0. The molecule has 0 saturated carbocycles.